The molecule has 0 radical (unpaired) electrons. The average Bonchev–Trinajstić information content (AvgIpc) is 3.14. The Balaban J connectivity index is 1.60. The lowest BCUT2D eigenvalue weighted by molar-refractivity contribution is -0.115. The second-order valence-electron chi connectivity index (χ2n) is 5.50. The molecule has 0 fully saturated rings. The van der Waals surface area contributed by atoms with Crippen molar-refractivity contribution in [2.24, 2.45) is 0 Å². The second kappa shape index (κ2) is 7.55. The summed E-state index contributed by atoms with van der Waals surface area (Å²) in [5.41, 5.74) is 2.42. The van der Waals surface area contributed by atoms with Crippen molar-refractivity contribution in [2.75, 3.05) is 5.32 Å². The third kappa shape index (κ3) is 4.10. The number of amides is 1. The first kappa shape index (κ1) is 17.3. The number of nitrogens with zero attached hydrogens (tertiary/aromatic N) is 1. The van der Waals surface area contributed by atoms with E-state index in [1.165, 1.54) is 34.4 Å². The first-order valence-corrected chi connectivity index (χ1v) is 8.89. The number of nitrogens with one attached hydrogen (secondary N) is 2. The van der Waals surface area contributed by atoms with E-state index in [0.717, 1.165) is 24.8 Å². The van der Waals surface area contributed by atoms with Crippen LogP contribution in [0, 0.1) is 17.1 Å². The highest BCUT2D eigenvalue weighted by Gasteiger charge is 2.22. The number of thiocarbonyl (C=S) groups is 1. The minimum absolute atomic E-state index is 0.144. The Morgan fingerprint density at radius 1 is 1.32 bits per heavy atom. The maximum Gasteiger partial charge on any atom is 0.250 e. The molecule has 0 aliphatic heterocycles. The van der Waals surface area contributed by atoms with Gasteiger partial charge in [-0.1, -0.05) is 12.1 Å². The highest BCUT2D eigenvalue weighted by molar-refractivity contribution is 7.80. The van der Waals surface area contributed by atoms with Gasteiger partial charge < -0.3 is 5.32 Å². The lowest BCUT2D eigenvalue weighted by Gasteiger charge is -2.07. The molecule has 0 saturated heterocycles. The van der Waals surface area contributed by atoms with Crippen LogP contribution in [0.15, 0.2) is 30.3 Å². The van der Waals surface area contributed by atoms with E-state index < -0.39 is 5.91 Å². The number of hydrogen-bond acceptors (Lipinski definition) is 4. The van der Waals surface area contributed by atoms with Crippen LogP contribution < -0.4 is 10.6 Å². The van der Waals surface area contributed by atoms with Crippen molar-refractivity contribution in [3.05, 3.63) is 57.7 Å². The fourth-order valence-electron chi connectivity index (χ4n) is 2.64. The quantitative estimate of drug-likeness (QED) is 0.637. The molecule has 7 heteroatoms. The zero-order valence-corrected chi connectivity index (χ0v) is 14.8. The molecule has 1 aliphatic carbocycles. The molecule has 1 amide bonds. The fourth-order valence-corrected chi connectivity index (χ4v) is 4.16. The molecular formula is C18H14FN3OS2. The minimum atomic E-state index is -0.399. The number of rotatable bonds is 3. The monoisotopic (exact) mass is 371 g/mol. The first-order valence-electron chi connectivity index (χ1n) is 7.67. The average molecular weight is 371 g/mol. The van der Waals surface area contributed by atoms with Crippen LogP contribution in [0.5, 0.6) is 0 Å². The van der Waals surface area contributed by atoms with E-state index in [2.05, 4.69) is 16.7 Å². The molecule has 25 heavy (non-hydrogen) atoms. The Morgan fingerprint density at radius 3 is 2.80 bits per heavy atom. The number of thiophene rings is 1. The number of benzene rings is 1. The van der Waals surface area contributed by atoms with Gasteiger partial charge in [0.25, 0.3) is 0 Å². The molecule has 0 atom stereocenters. The smallest absolute Gasteiger partial charge is 0.250 e. The zero-order chi connectivity index (χ0) is 17.8. The predicted molar refractivity (Wildman–Crippen MR) is 101 cm³/mol. The number of fused-ring (bicyclic) bond motifs is 1. The van der Waals surface area contributed by atoms with Gasteiger partial charge in [0.1, 0.15) is 16.9 Å². The van der Waals surface area contributed by atoms with Crippen LogP contribution in [0.1, 0.15) is 28.0 Å². The van der Waals surface area contributed by atoms with Crippen molar-refractivity contribution < 1.29 is 9.18 Å². The molecule has 0 unspecified atom stereocenters. The van der Waals surface area contributed by atoms with E-state index in [9.17, 15) is 14.4 Å². The molecule has 1 aromatic heterocycles. The fraction of sp³-hybridized carbons (Fsp3) is 0.167. The summed E-state index contributed by atoms with van der Waals surface area (Å²) in [7, 11) is 0. The van der Waals surface area contributed by atoms with Crippen LogP contribution in [0.25, 0.3) is 6.08 Å². The normalized spacial score (nSPS) is 12.6. The molecule has 2 N–H and O–H groups in total. The number of carbonyl (C=O) groups is 1. The lowest BCUT2D eigenvalue weighted by atomic mass is 10.1. The second-order valence-corrected chi connectivity index (χ2v) is 7.01. The Bertz CT molecular complexity index is 894. The lowest BCUT2D eigenvalue weighted by Crippen LogP contribution is -2.32. The number of carbonyl (C=O) groups excluding carboxylic acids is 1. The van der Waals surface area contributed by atoms with Gasteiger partial charge in [-0.25, -0.2) is 4.39 Å². The summed E-state index contributed by atoms with van der Waals surface area (Å²) in [6.07, 6.45) is 5.86. The highest BCUT2D eigenvalue weighted by Crippen LogP contribution is 2.38. The van der Waals surface area contributed by atoms with Gasteiger partial charge in [-0.05, 0) is 60.8 Å². The van der Waals surface area contributed by atoms with Crippen molar-refractivity contribution in [3.63, 3.8) is 0 Å². The van der Waals surface area contributed by atoms with Crippen LogP contribution in [-0.4, -0.2) is 11.0 Å². The van der Waals surface area contributed by atoms with Gasteiger partial charge in [0.2, 0.25) is 5.91 Å². The Morgan fingerprint density at radius 2 is 2.08 bits per heavy atom. The number of nitriles is 1. The maximum atomic E-state index is 12.8. The summed E-state index contributed by atoms with van der Waals surface area (Å²) in [6, 6.07) is 8.00. The van der Waals surface area contributed by atoms with Crippen molar-refractivity contribution in [1.29, 1.82) is 5.26 Å². The topological polar surface area (TPSA) is 64.9 Å². The van der Waals surface area contributed by atoms with Crippen molar-refractivity contribution >= 4 is 45.7 Å². The predicted octanol–water partition coefficient (Wildman–Crippen LogP) is 3.77. The van der Waals surface area contributed by atoms with Gasteiger partial charge in [0, 0.05) is 11.0 Å². The van der Waals surface area contributed by atoms with Crippen LogP contribution in [0.3, 0.4) is 0 Å². The number of halogens is 1. The molecule has 0 bridgehead atoms. The summed E-state index contributed by atoms with van der Waals surface area (Å²) in [5.74, 6) is -0.729. The number of aryl methyl sites for hydroxylation is 1. The van der Waals surface area contributed by atoms with Gasteiger partial charge in [0.05, 0.1) is 5.56 Å². The van der Waals surface area contributed by atoms with E-state index in [4.69, 9.17) is 12.2 Å². The summed E-state index contributed by atoms with van der Waals surface area (Å²) in [6.45, 7) is 0. The Kier molecular flexibility index (Phi) is 5.22. The summed E-state index contributed by atoms with van der Waals surface area (Å²) < 4.78 is 12.8. The number of anilines is 1. The van der Waals surface area contributed by atoms with Gasteiger partial charge in [-0.2, -0.15) is 5.26 Å². The van der Waals surface area contributed by atoms with Crippen LogP contribution in [0.4, 0.5) is 9.39 Å². The largest absolute Gasteiger partial charge is 0.323 e. The summed E-state index contributed by atoms with van der Waals surface area (Å²) in [4.78, 5) is 13.1. The molecule has 4 nitrogen and oxygen atoms in total. The van der Waals surface area contributed by atoms with E-state index in [1.54, 1.807) is 18.2 Å². The van der Waals surface area contributed by atoms with Gasteiger partial charge in [-0.15, -0.1) is 11.3 Å². The van der Waals surface area contributed by atoms with Crippen molar-refractivity contribution in [3.8, 4) is 6.07 Å². The third-order valence-electron chi connectivity index (χ3n) is 3.79. The van der Waals surface area contributed by atoms with Gasteiger partial charge in [0.15, 0.2) is 5.11 Å². The Labute approximate surface area is 154 Å². The van der Waals surface area contributed by atoms with E-state index in [-0.39, 0.29) is 10.9 Å². The van der Waals surface area contributed by atoms with Crippen LogP contribution in [0.2, 0.25) is 0 Å². The molecule has 126 valence electrons. The first-order chi connectivity index (χ1) is 12.1. The minimum Gasteiger partial charge on any atom is -0.323 e. The van der Waals surface area contributed by atoms with Gasteiger partial charge in [-0.3, -0.25) is 10.1 Å². The third-order valence-corrected chi connectivity index (χ3v) is 5.21. The summed E-state index contributed by atoms with van der Waals surface area (Å²) >= 11 is 6.66. The zero-order valence-electron chi connectivity index (χ0n) is 13.1. The van der Waals surface area contributed by atoms with Crippen molar-refractivity contribution in [1.82, 2.24) is 5.32 Å². The molecule has 0 saturated carbocycles. The van der Waals surface area contributed by atoms with E-state index in [1.807, 2.05) is 0 Å². The molecule has 1 heterocycles. The molecule has 1 aliphatic rings. The van der Waals surface area contributed by atoms with Crippen molar-refractivity contribution in [2.45, 2.75) is 19.3 Å². The maximum absolute atomic E-state index is 12.8. The molecule has 1 aromatic carbocycles. The highest BCUT2D eigenvalue weighted by atomic mass is 32.1. The number of hydrogen-bond donors (Lipinski definition) is 2. The molecular weight excluding hydrogens is 357 g/mol. The summed E-state index contributed by atoms with van der Waals surface area (Å²) in [5, 5.41) is 15.7. The SMILES string of the molecule is N#Cc1c(NC(=S)NC(=O)/C=C\c2ccc(F)cc2)sc2c1CCC2. The standard InChI is InChI=1S/C18H14FN3OS2/c19-12-7-4-11(5-8-12)6-9-16(23)21-18(24)22-17-14(10-20)13-2-1-3-15(13)25-17/h4-9H,1-3H2,(H2,21,22,23,24)/b9-6-. The Hall–Kier alpha value is -2.56. The van der Waals surface area contributed by atoms with E-state index in [0.29, 0.717) is 16.1 Å². The van der Waals surface area contributed by atoms with E-state index >= 15 is 0 Å². The van der Waals surface area contributed by atoms with Crippen LogP contribution >= 0.6 is 23.6 Å². The molecule has 3 rings (SSSR count). The molecule has 2 aromatic rings. The van der Waals surface area contributed by atoms with Gasteiger partial charge >= 0.3 is 0 Å². The molecule has 0 spiro atoms. The van der Waals surface area contributed by atoms with Crippen LogP contribution in [-0.2, 0) is 17.6 Å².